The van der Waals surface area contributed by atoms with Crippen molar-refractivity contribution < 1.29 is 9.59 Å². The van der Waals surface area contributed by atoms with Gasteiger partial charge in [0.2, 0.25) is 5.91 Å². The number of hydrogen-bond acceptors (Lipinski definition) is 3. The molecule has 0 bridgehead atoms. The molecule has 106 valence electrons. The molecule has 0 unspecified atom stereocenters. The van der Waals surface area contributed by atoms with Crippen LogP contribution in [0.5, 0.6) is 0 Å². The van der Waals surface area contributed by atoms with Crippen molar-refractivity contribution >= 4 is 17.9 Å². The van der Waals surface area contributed by atoms with Crippen LogP contribution in [-0.4, -0.2) is 55.5 Å². The van der Waals surface area contributed by atoms with Crippen molar-refractivity contribution in [2.75, 3.05) is 32.7 Å². The lowest BCUT2D eigenvalue weighted by Gasteiger charge is -2.15. The molecule has 2 aliphatic rings. The second-order valence-electron chi connectivity index (χ2n) is 4.79. The zero-order chi connectivity index (χ0) is 13.7. The zero-order valence-electron chi connectivity index (χ0n) is 11.2. The van der Waals surface area contributed by atoms with Crippen LogP contribution in [0.15, 0.2) is 4.99 Å². The van der Waals surface area contributed by atoms with Gasteiger partial charge in [0.25, 0.3) is 0 Å². The highest BCUT2D eigenvalue weighted by atomic mass is 16.2. The summed E-state index contributed by atoms with van der Waals surface area (Å²) in [5.74, 6) is 1.31. The summed E-state index contributed by atoms with van der Waals surface area (Å²) in [5.41, 5.74) is 0. The van der Waals surface area contributed by atoms with E-state index in [1.165, 1.54) is 17.7 Å². The minimum absolute atomic E-state index is 0.106. The van der Waals surface area contributed by atoms with Gasteiger partial charge in [0.15, 0.2) is 5.96 Å². The van der Waals surface area contributed by atoms with Gasteiger partial charge in [-0.1, -0.05) is 0 Å². The van der Waals surface area contributed by atoms with E-state index in [9.17, 15) is 9.59 Å². The number of urea groups is 1. The van der Waals surface area contributed by atoms with Crippen molar-refractivity contribution in [2.45, 2.75) is 19.8 Å². The molecule has 19 heavy (non-hydrogen) atoms. The Morgan fingerprint density at radius 2 is 2.21 bits per heavy atom. The molecule has 3 N–H and O–H groups in total. The molecule has 7 heteroatoms. The molecule has 0 aromatic carbocycles. The van der Waals surface area contributed by atoms with E-state index in [1.807, 2.05) is 6.92 Å². The minimum atomic E-state index is -0.313. The van der Waals surface area contributed by atoms with E-state index in [4.69, 9.17) is 0 Å². The first-order chi connectivity index (χ1) is 9.20. The molecule has 0 aromatic heterocycles. The van der Waals surface area contributed by atoms with E-state index in [1.54, 1.807) is 0 Å². The Kier molecular flexibility index (Phi) is 4.59. The van der Waals surface area contributed by atoms with Gasteiger partial charge in [0, 0.05) is 26.2 Å². The lowest BCUT2D eigenvalue weighted by molar-refractivity contribution is -0.124. The van der Waals surface area contributed by atoms with Gasteiger partial charge >= 0.3 is 6.03 Å². The molecular formula is C12H21N5O2. The summed E-state index contributed by atoms with van der Waals surface area (Å²) in [6, 6.07) is -0.313. The Hall–Kier alpha value is -1.79. The Labute approximate surface area is 112 Å². The lowest BCUT2D eigenvalue weighted by atomic mass is 10.4. The van der Waals surface area contributed by atoms with Gasteiger partial charge in [-0.25, -0.2) is 4.79 Å². The van der Waals surface area contributed by atoms with E-state index < -0.39 is 0 Å². The highest BCUT2D eigenvalue weighted by Crippen LogP contribution is 2.28. The van der Waals surface area contributed by atoms with Gasteiger partial charge < -0.3 is 16.0 Å². The van der Waals surface area contributed by atoms with Gasteiger partial charge in [-0.2, -0.15) is 0 Å². The van der Waals surface area contributed by atoms with Gasteiger partial charge in [-0.3, -0.25) is 14.7 Å². The molecule has 2 fully saturated rings. The number of carbonyl (C=O) groups is 2. The average Bonchev–Trinajstić information content (AvgIpc) is 3.16. The Bertz CT molecular complexity index is 362. The molecule has 1 saturated carbocycles. The normalized spacial score (nSPS) is 19.6. The van der Waals surface area contributed by atoms with E-state index >= 15 is 0 Å². The summed E-state index contributed by atoms with van der Waals surface area (Å²) in [4.78, 5) is 28.4. The molecule has 1 saturated heterocycles. The predicted octanol–water partition coefficient (Wildman–Crippen LogP) is -0.497. The molecule has 1 aliphatic carbocycles. The maximum atomic E-state index is 11.4. The molecule has 0 aromatic rings. The number of guanidine groups is 1. The van der Waals surface area contributed by atoms with Crippen molar-refractivity contribution in [1.82, 2.24) is 20.9 Å². The summed E-state index contributed by atoms with van der Waals surface area (Å²) >= 11 is 0. The van der Waals surface area contributed by atoms with Crippen LogP contribution in [0.1, 0.15) is 19.8 Å². The summed E-state index contributed by atoms with van der Waals surface area (Å²) in [5, 5.41) is 8.78. The first-order valence-corrected chi connectivity index (χ1v) is 6.81. The van der Waals surface area contributed by atoms with Gasteiger partial charge in [0.05, 0.1) is 6.54 Å². The first-order valence-electron chi connectivity index (χ1n) is 6.81. The number of rotatable bonds is 6. The number of imide groups is 1. The smallest absolute Gasteiger partial charge is 0.324 e. The van der Waals surface area contributed by atoms with Crippen LogP contribution in [0.3, 0.4) is 0 Å². The van der Waals surface area contributed by atoms with Crippen molar-refractivity contribution in [3.63, 3.8) is 0 Å². The summed E-state index contributed by atoms with van der Waals surface area (Å²) in [7, 11) is 0. The Morgan fingerprint density at radius 1 is 1.42 bits per heavy atom. The highest BCUT2D eigenvalue weighted by molar-refractivity contribution is 6.01. The Morgan fingerprint density at radius 3 is 2.79 bits per heavy atom. The number of carbonyl (C=O) groups excluding carboxylic acids is 2. The second kappa shape index (κ2) is 6.40. The number of nitrogens with zero attached hydrogens (tertiary/aromatic N) is 2. The maximum absolute atomic E-state index is 11.4. The van der Waals surface area contributed by atoms with E-state index in [0.717, 1.165) is 25.0 Å². The largest absolute Gasteiger partial charge is 0.357 e. The molecule has 0 radical (unpaired) electrons. The van der Waals surface area contributed by atoms with Gasteiger partial charge in [-0.05, 0) is 25.7 Å². The molecule has 7 nitrogen and oxygen atoms in total. The lowest BCUT2D eigenvalue weighted by Crippen LogP contribution is -2.43. The standard InChI is InChI=1S/C12H21N5O2/c1-2-13-11(15-7-9-3-4-9)14-5-6-17-10(18)8-16-12(17)19/h9H,2-8H2,1H3,(H,16,19)(H2,13,14,15). The topological polar surface area (TPSA) is 85.8 Å². The number of aliphatic imine (C=N–C) groups is 1. The summed E-state index contributed by atoms with van der Waals surface area (Å²) in [6.07, 6.45) is 2.54. The van der Waals surface area contributed by atoms with E-state index in [-0.39, 0.29) is 18.5 Å². The van der Waals surface area contributed by atoms with E-state index in [0.29, 0.717) is 13.1 Å². The fraction of sp³-hybridized carbons (Fsp3) is 0.750. The van der Waals surface area contributed by atoms with Crippen molar-refractivity contribution in [2.24, 2.45) is 10.9 Å². The summed E-state index contributed by atoms with van der Waals surface area (Å²) in [6.45, 7) is 4.62. The predicted molar refractivity (Wildman–Crippen MR) is 71.8 cm³/mol. The third-order valence-corrected chi connectivity index (χ3v) is 3.11. The van der Waals surface area contributed by atoms with E-state index in [2.05, 4.69) is 20.9 Å². The zero-order valence-corrected chi connectivity index (χ0v) is 11.2. The fourth-order valence-corrected chi connectivity index (χ4v) is 1.83. The van der Waals surface area contributed by atoms with Crippen LogP contribution < -0.4 is 16.0 Å². The third-order valence-electron chi connectivity index (χ3n) is 3.11. The molecule has 1 aliphatic heterocycles. The van der Waals surface area contributed by atoms with Gasteiger partial charge in [-0.15, -0.1) is 0 Å². The van der Waals surface area contributed by atoms with Crippen molar-refractivity contribution in [3.05, 3.63) is 0 Å². The number of hydrogen-bond donors (Lipinski definition) is 3. The average molecular weight is 267 g/mol. The quantitative estimate of drug-likeness (QED) is 0.344. The van der Waals surface area contributed by atoms with Crippen LogP contribution in [-0.2, 0) is 4.79 Å². The molecule has 0 spiro atoms. The van der Waals surface area contributed by atoms with Crippen LogP contribution in [0.4, 0.5) is 4.79 Å². The van der Waals surface area contributed by atoms with Gasteiger partial charge in [0.1, 0.15) is 0 Å². The van der Waals surface area contributed by atoms with Crippen LogP contribution >= 0.6 is 0 Å². The van der Waals surface area contributed by atoms with Crippen LogP contribution in [0.2, 0.25) is 0 Å². The van der Waals surface area contributed by atoms with Crippen LogP contribution in [0.25, 0.3) is 0 Å². The number of amides is 3. The number of nitrogens with one attached hydrogen (secondary N) is 3. The fourth-order valence-electron chi connectivity index (χ4n) is 1.83. The van der Waals surface area contributed by atoms with Crippen molar-refractivity contribution in [3.8, 4) is 0 Å². The second-order valence-corrected chi connectivity index (χ2v) is 4.79. The molecule has 3 amide bonds. The van der Waals surface area contributed by atoms with Crippen molar-refractivity contribution in [1.29, 1.82) is 0 Å². The monoisotopic (exact) mass is 267 g/mol. The Balaban J connectivity index is 1.73. The SMILES string of the molecule is CCNC(=NCC1CC1)NCCN1C(=O)CNC1=O. The first kappa shape index (κ1) is 13.6. The third kappa shape index (κ3) is 4.11. The minimum Gasteiger partial charge on any atom is -0.357 e. The highest BCUT2D eigenvalue weighted by Gasteiger charge is 2.27. The molecule has 1 heterocycles. The maximum Gasteiger partial charge on any atom is 0.324 e. The van der Waals surface area contributed by atoms with Crippen LogP contribution in [0, 0.1) is 5.92 Å². The molecule has 2 rings (SSSR count). The molecular weight excluding hydrogens is 246 g/mol. The summed E-state index contributed by atoms with van der Waals surface area (Å²) < 4.78 is 0. The molecule has 0 atom stereocenters.